The van der Waals surface area contributed by atoms with Gasteiger partial charge in [-0.25, -0.2) is 0 Å². The maximum atomic E-state index is 12.1. The van der Waals surface area contributed by atoms with Crippen molar-refractivity contribution in [2.45, 2.75) is 19.8 Å². The molecule has 0 fully saturated rings. The van der Waals surface area contributed by atoms with Crippen LogP contribution >= 0.6 is 0 Å². The van der Waals surface area contributed by atoms with E-state index in [1.807, 2.05) is 0 Å². The van der Waals surface area contributed by atoms with E-state index in [1.165, 1.54) is 6.92 Å². The van der Waals surface area contributed by atoms with Gasteiger partial charge in [-0.05, 0) is 30.7 Å². The standard InChI is InChI=1S/C19H18N2O4/c1-12(22)20-13-4-2-5-14(10-13)21-19(24)11-25-18-7-3-6-15-16(18)8-9-17(15)23/h2-7,10H,8-9,11H2,1H3,(H,20,22)(H,21,24). The van der Waals surface area contributed by atoms with Crippen LogP contribution in [0.3, 0.4) is 0 Å². The highest BCUT2D eigenvalue weighted by Crippen LogP contribution is 2.30. The van der Waals surface area contributed by atoms with Crippen molar-refractivity contribution in [1.82, 2.24) is 0 Å². The van der Waals surface area contributed by atoms with E-state index in [2.05, 4.69) is 10.6 Å². The fourth-order valence-electron chi connectivity index (χ4n) is 2.81. The number of ketones is 1. The topological polar surface area (TPSA) is 84.5 Å². The van der Waals surface area contributed by atoms with Crippen LogP contribution in [0.5, 0.6) is 5.75 Å². The Morgan fingerprint density at radius 3 is 2.52 bits per heavy atom. The zero-order valence-corrected chi connectivity index (χ0v) is 13.8. The Morgan fingerprint density at radius 1 is 1.04 bits per heavy atom. The van der Waals surface area contributed by atoms with Crippen LogP contribution in [0, 0.1) is 0 Å². The van der Waals surface area contributed by atoms with Crippen LogP contribution in [0.4, 0.5) is 11.4 Å². The third-order valence-corrected chi connectivity index (χ3v) is 3.86. The SMILES string of the molecule is CC(=O)Nc1cccc(NC(=O)COc2cccc3c2CCC3=O)c1. The second kappa shape index (κ2) is 7.17. The molecule has 25 heavy (non-hydrogen) atoms. The van der Waals surface area contributed by atoms with Crippen molar-refractivity contribution in [3.63, 3.8) is 0 Å². The van der Waals surface area contributed by atoms with Gasteiger partial charge >= 0.3 is 0 Å². The van der Waals surface area contributed by atoms with Crippen molar-refractivity contribution in [2.75, 3.05) is 17.2 Å². The maximum Gasteiger partial charge on any atom is 0.262 e. The van der Waals surface area contributed by atoms with Gasteiger partial charge < -0.3 is 15.4 Å². The van der Waals surface area contributed by atoms with Crippen LogP contribution in [0.25, 0.3) is 0 Å². The summed E-state index contributed by atoms with van der Waals surface area (Å²) in [6.07, 6.45) is 1.13. The first kappa shape index (κ1) is 16.7. The quantitative estimate of drug-likeness (QED) is 0.878. The van der Waals surface area contributed by atoms with Crippen LogP contribution < -0.4 is 15.4 Å². The van der Waals surface area contributed by atoms with Gasteiger partial charge in [0.05, 0.1) is 0 Å². The molecular weight excluding hydrogens is 320 g/mol. The number of amides is 2. The lowest BCUT2D eigenvalue weighted by Gasteiger charge is -2.11. The summed E-state index contributed by atoms with van der Waals surface area (Å²) in [5.41, 5.74) is 2.72. The molecule has 1 aliphatic rings. The molecular formula is C19H18N2O4. The fourth-order valence-corrected chi connectivity index (χ4v) is 2.81. The molecule has 2 N–H and O–H groups in total. The van der Waals surface area contributed by atoms with Gasteiger partial charge in [0.25, 0.3) is 5.91 Å². The lowest BCUT2D eigenvalue weighted by Crippen LogP contribution is -2.20. The van der Waals surface area contributed by atoms with Gasteiger partial charge in [0.15, 0.2) is 12.4 Å². The molecule has 0 aliphatic heterocycles. The van der Waals surface area contributed by atoms with E-state index >= 15 is 0 Å². The number of hydrogen-bond acceptors (Lipinski definition) is 4. The van der Waals surface area contributed by atoms with E-state index < -0.39 is 0 Å². The smallest absolute Gasteiger partial charge is 0.262 e. The average Bonchev–Trinajstić information content (AvgIpc) is 2.95. The van der Waals surface area contributed by atoms with Crippen LogP contribution in [0.1, 0.15) is 29.3 Å². The molecule has 6 nitrogen and oxygen atoms in total. The third kappa shape index (κ3) is 4.03. The van der Waals surface area contributed by atoms with Crippen LogP contribution in [0.2, 0.25) is 0 Å². The Bertz CT molecular complexity index is 845. The summed E-state index contributed by atoms with van der Waals surface area (Å²) in [6, 6.07) is 12.2. The van der Waals surface area contributed by atoms with Gasteiger partial charge in [0.2, 0.25) is 5.91 Å². The van der Waals surface area contributed by atoms with Gasteiger partial charge in [-0.3, -0.25) is 14.4 Å². The number of Topliss-reactive ketones (excluding diaryl/α,β-unsaturated/α-hetero) is 1. The molecule has 0 bridgehead atoms. The monoisotopic (exact) mass is 338 g/mol. The minimum absolute atomic E-state index is 0.111. The van der Waals surface area contributed by atoms with E-state index in [9.17, 15) is 14.4 Å². The van der Waals surface area contributed by atoms with E-state index in [4.69, 9.17) is 4.74 Å². The number of ether oxygens (including phenoxy) is 1. The normalized spacial score (nSPS) is 12.4. The first-order chi connectivity index (χ1) is 12.0. The summed E-state index contributed by atoms with van der Waals surface area (Å²) >= 11 is 0. The Morgan fingerprint density at radius 2 is 1.76 bits per heavy atom. The summed E-state index contributed by atoms with van der Waals surface area (Å²) in [6.45, 7) is 1.26. The van der Waals surface area contributed by atoms with Gasteiger partial charge in [-0.1, -0.05) is 18.2 Å². The van der Waals surface area contributed by atoms with Crippen molar-refractivity contribution in [2.24, 2.45) is 0 Å². The Kier molecular flexibility index (Phi) is 4.79. The lowest BCUT2D eigenvalue weighted by atomic mass is 10.1. The fraction of sp³-hybridized carbons (Fsp3) is 0.211. The molecule has 2 aromatic rings. The van der Waals surface area contributed by atoms with Crippen molar-refractivity contribution in [1.29, 1.82) is 0 Å². The highest BCUT2D eigenvalue weighted by atomic mass is 16.5. The van der Waals surface area contributed by atoms with E-state index in [0.717, 1.165) is 5.56 Å². The second-order valence-corrected chi connectivity index (χ2v) is 5.80. The maximum absolute atomic E-state index is 12.1. The molecule has 0 aromatic heterocycles. The highest BCUT2D eigenvalue weighted by molar-refractivity contribution is 6.01. The number of benzene rings is 2. The molecule has 128 valence electrons. The molecule has 0 saturated heterocycles. The van der Waals surface area contributed by atoms with Gasteiger partial charge in [-0.15, -0.1) is 0 Å². The van der Waals surface area contributed by atoms with Gasteiger partial charge in [-0.2, -0.15) is 0 Å². The number of hydrogen-bond donors (Lipinski definition) is 2. The Balaban J connectivity index is 1.61. The summed E-state index contributed by atoms with van der Waals surface area (Å²) in [5.74, 6) is 0.186. The average molecular weight is 338 g/mol. The summed E-state index contributed by atoms with van der Waals surface area (Å²) in [4.78, 5) is 34.9. The summed E-state index contributed by atoms with van der Waals surface area (Å²) < 4.78 is 5.59. The number of nitrogens with one attached hydrogen (secondary N) is 2. The first-order valence-corrected chi connectivity index (χ1v) is 7.98. The molecule has 0 unspecified atom stereocenters. The van der Waals surface area contributed by atoms with Crippen molar-refractivity contribution in [3.05, 3.63) is 53.6 Å². The number of rotatable bonds is 5. The highest BCUT2D eigenvalue weighted by Gasteiger charge is 2.22. The zero-order valence-electron chi connectivity index (χ0n) is 13.8. The van der Waals surface area contributed by atoms with E-state index in [1.54, 1.807) is 42.5 Å². The lowest BCUT2D eigenvalue weighted by molar-refractivity contribution is -0.118. The molecule has 0 radical (unpaired) electrons. The molecule has 0 atom stereocenters. The van der Waals surface area contributed by atoms with Crippen LogP contribution in [0.15, 0.2) is 42.5 Å². The minimum Gasteiger partial charge on any atom is -0.483 e. The predicted octanol–water partition coefficient (Wildman–Crippen LogP) is 2.79. The second-order valence-electron chi connectivity index (χ2n) is 5.80. The molecule has 2 aromatic carbocycles. The molecule has 2 amide bonds. The molecule has 3 rings (SSSR count). The third-order valence-electron chi connectivity index (χ3n) is 3.86. The molecule has 0 saturated carbocycles. The van der Waals surface area contributed by atoms with E-state index in [0.29, 0.717) is 35.5 Å². The predicted molar refractivity (Wildman–Crippen MR) is 94.0 cm³/mol. The van der Waals surface area contributed by atoms with Crippen LogP contribution in [-0.4, -0.2) is 24.2 Å². The molecule has 6 heteroatoms. The van der Waals surface area contributed by atoms with Crippen molar-refractivity contribution < 1.29 is 19.1 Å². The number of anilines is 2. The molecule has 1 aliphatic carbocycles. The Hall–Kier alpha value is -3.15. The number of fused-ring (bicyclic) bond motifs is 1. The minimum atomic E-state index is -0.318. The Labute approximate surface area is 145 Å². The summed E-state index contributed by atoms with van der Waals surface area (Å²) in [7, 11) is 0. The summed E-state index contributed by atoms with van der Waals surface area (Å²) in [5, 5.41) is 5.38. The number of carbonyl (C=O) groups is 3. The van der Waals surface area contributed by atoms with E-state index in [-0.39, 0.29) is 24.2 Å². The van der Waals surface area contributed by atoms with Gasteiger partial charge in [0.1, 0.15) is 5.75 Å². The number of carbonyl (C=O) groups excluding carboxylic acids is 3. The van der Waals surface area contributed by atoms with Crippen molar-refractivity contribution in [3.8, 4) is 5.75 Å². The largest absolute Gasteiger partial charge is 0.483 e. The zero-order chi connectivity index (χ0) is 17.8. The van der Waals surface area contributed by atoms with Crippen molar-refractivity contribution >= 4 is 29.0 Å². The van der Waals surface area contributed by atoms with Crippen LogP contribution in [-0.2, 0) is 16.0 Å². The van der Waals surface area contributed by atoms with Gasteiger partial charge in [0, 0.05) is 35.8 Å². The molecule has 0 heterocycles. The molecule has 0 spiro atoms. The first-order valence-electron chi connectivity index (χ1n) is 7.98.